The molecule has 1 saturated heterocycles. The summed E-state index contributed by atoms with van der Waals surface area (Å²) >= 11 is 1.15. The lowest BCUT2D eigenvalue weighted by atomic mass is 9.87. The first-order valence-electron chi connectivity index (χ1n) is 23.0. The Morgan fingerprint density at radius 2 is 1.39 bits per heavy atom. The molecule has 0 spiro atoms. The van der Waals surface area contributed by atoms with Crippen LogP contribution in [-0.2, 0) is 50.7 Å². The molecule has 8 atom stereocenters. The van der Waals surface area contributed by atoms with Crippen LogP contribution in [0.1, 0.15) is 143 Å². The molecule has 2 amide bonds. The number of nitrogens with zero attached hydrogens (tertiary/aromatic N) is 4. The van der Waals surface area contributed by atoms with Gasteiger partial charge in [-0.1, -0.05) is 129 Å². The van der Waals surface area contributed by atoms with Gasteiger partial charge in [0.2, 0.25) is 11.8 Å². The van der Waals surface area contributed by atoms with E-state index in [0.29, 0.717) is 12.2 Å². The van der Waals surface area contributed by atoms with E-state index in [1.165, 1.54) is 97.3 Å². The number of phosphoric acid groups is 3. The van der Waals surface area contributed by atoms with Gasteiger partial charge in [-0.2, -0.15) is 0 Å². The molecule has 3 unspecified atom stereocenters. The molecule has 1 aliphatic rings. The molecule has 0 saturated carbocycles. The van der Waals surface area contributed by atoms with Crippen LogP contribution in [0.3, 0.4) is 0 Å². The summed E-state index contributed by atoms with van der Waals surface area (Å²) in [7, 11) is -17.3. The standard InChI is InChI=1S/C40H72N7O17P3S.3H3N/c1-4-5-6-7-8-9-10-11-12-13-14-15-16-17-18-19-20-31(49)68-24-23-42-30(48)21-22-43-38(52)35(51)40(2,3)26-61-67(58,59)64-66(56,57)60-25-29-34(63-65(53,54)55)33(50)39(62-29)47-28-46-32-36(41)44-27-45-37(32)47;;;/h27-29,33-35,39,50-51H,4-26H2,1-3H3,(H,42,48)(H,43,52)(H,56,57)(H,58,59)(H2,41,44,45)(H2,53,54,55);3*1H3/t29-,33-,34-,35+,39-;;;/m1.../s1. The van der Waals surface area contributed by atoms with Crippen molar-refractivity contribution in [3.05, 3.63) is 12.7 Å². The normalized spacial score (nSPS) is 19.8. The first-order chi connectivity index (χ1) is 32.1. The Hall–Kier alpha value is -2.56. The van der Waals surface area contributed by atoms with E-state index in [9.17, 15) is 57.9 Å². The third kappa shape index (κ3) is 26.0. The van der Waals surface area contributed by atoms with E-state index in [4.69, 9.17) is 10.5 Å². The largest absolute Gasteiger partial charge is 0.756 e. The highest BCUT2D eigenvalue weighted by atomic mass is 32.2. The summed E-state index contributed by atoms with van der Waals surface area (Å²) in [6, 6.07) is 0. The van der Waals surface area contributed by atoms with Gasteiger partial charge in [0.05, 0.1) is 19.5 Å². The summed E-state index contributed by atoms with van der Waals surface area (Å²) in [5.41, 5.74) is 4.14. The van der Waals surface area contributed by atoms with E-state index in [-0.39, 0.29) is 60.1 Å². The maximum atomic E-state index is 12.6. The van der Waals surface area contributed by atoms with Crippen molar-refractivity contribution in [1.29, 1.82) is 0 Å². The minimum Gasteiger partial charge on any atom is -0.756 e. The average Bonchev–Trinajstić information content (AvgIpc) is 3.83. The number of aliphatic hydroxyl groups is 2. The zero-order valence-electron chi connectivity index (χ0n) is 42.0. The van der Waals surface area contributed by atoms with Crippen LogP contribution in [0.15, 0.2) is 12.7 Å². The number of aromatic nitrogens is 4. The minimum absolute atomic E-state index is 0. The average molecular weight is 1100 g/mol. The van der Waals surface area contributed by atoms with Crippen molar-refractivity contribution in [1.82, 2.24) is 48.6 Å². The number of quaternary nitrogens is 3. The Bertz CT molecular complexity index is 2020. The fraction of sp³-hybridized carbons (Fsp3) is 0.800. The second kappa shape index (κ2) is 34.1. The molecule has 71 heavy (non-hydrogen) atoms. The van der Waals surface area contributed by atoms with Crippen molar-refractivity contribution in [3.8, 4) is 0 Å². The maximum Gasteiger partial charge on any atom is 0.274 e. The molecule has 3 heterocycles. The number of nitrogens with two attached hydrogens (primary N) is 1. The predicted molar refractivity (Wildman–Crippen MR) is 263 cm³/mol. The van der Waals surface area contributed by atoms with Gasteiger partial charge in [-0.3, -0.25) is 32.6 Å². The molecule has 19 N–H and O–H groups in total. The van der Waals surface area contributed by atoms with Crippen LogP contribution in [0.4, 0.5) is 5.82 Å². The first-order valence-corrected chi connectivity index (χ1v) is 28.5. The molecular formula is C40H81N10O17P3S. The Kier molecular flexibility index (Phi) is 32.9. The Morgan fingerprint density at radius 1 is 0.845 bits per heavy atom. The number of phosphoric ester groups is 3. The number of ether oxygens (including phenoxy) is 1. The summed E-state index contributed by atoms with van der Waals surface area (Å²) in [5.74, 6) is -1.10. The second-order valence-corrected chi connectivity index (χ2v) is 22.5. The molecule has 2 aromatic heterocycles. The molecule has 1 aliphatic heterocycles. The van der Waals surface area contributed by atoms with Gasteiger partial charge in [-0.15, -0.1) is 0 Å². The molecule has 414 valence electrons. The van der Waals surface area contributed by atoms with Crippen LogP contribution < -0.4 is 49.5 Å². The van der Waals surface area contributed by atoms with Gasteiger partial charge < -0.3 is 82.9 Å². The number of nitrogen functional groups attached to an aromatic ring is 1. The Morgan fingerprint density at radius 3 is 1.96 bits per heavy atom. The number of aliphatic hydroxyl groups excluding tert-OH is 2. The van der Waals surface area contributed by atoms with Crippen molar-refractivity contribution < 1.29 is 80.5 Å². The lowest BCUT2D eigenvalue weighted by Crippen LogP contribution is -2.46. The van der Waals surface area contributed by atoms with Crippen LogP contribution in [0.25, 0.3) is 11.2 Å². The highest BCUT2D eigenvalue weighted by Crippen LogP contribution is 2.56. The van der Waals surface area contributed by atoms with E-state index < -0.39 is 84.6 Å². The molecule has 0 radical (unpaired) electrons. The zero-order valence-corrected chi connectivity index (χ0v) is 45.5. The van der Waals surface area contributed by atoms with Gasteiger partial charge in [-0.25, -0.2) is 19.3 Å². The number of hydrogen-bond donors (Lipinski definition) is 9. The lowest BCUT2D eigenvalue weighted by molar-refractivity contribution is -0.247. The maximum absolute atomic E-state index is 12.6. The molecule has 0 bridgehead atoms. The number of anilines is 1. The Labute approximate surface area is 419 Å². The van der Waals surface area contributed by atoms with Gasteiger partial charge in [-0.05, 0) is 6.42 Å². The van der Waals surface area contributed by atoms with Crippen LogP contribution in [-0.4, -0.2) is 108 Å². The van der Waals surface area contributed by atoms with Gasteiger partial charge in [0, 0.05) is 37.1 Å². The van der Waals surface area contributed by atoms with E-state index >= 15 is 0 Å². The monoisotopic (exact) mass is 1100 g/mol. The van der Waals surface area contributed by atoms with E-state index in [2.05, 4.69) is 50.4 Å². The molecule has 0 aromatic carbocycles. The van der Waals surface area contributed by atoms with Crippen LogP contribution in [0.5, 0.6) is 0 Å². The number of fused-ring (bicyclic) bond motifs is 1. The van der Waals surface area contributed by atoms with Gasteiger partial charge in [0.25, 0.3) is 23.5 Å². The Balaban J connectivity index is 0.0000163. The number of imidazole rings is 1. The van der Waals surface area contributed by atoms with E-state index in [0.717, 1.165) is 48.2 Å². The fourth-order valence-electron chi connectivity index (χ4n) is 7.17. The molecule has 1 fully saturated rings. The van der Waals surface area contributed by atoms with Gasteiger partial charge in [0.1, 0.15) is 36.3 Å². The van der Waals surface area contributed by atoms with Crippen LogP contribution in [0.2, 0.25) is 0 Å². The van der Waals surface area contributed by atoms with E-state index in [1.54, 1.807) is 0 Å². The number of nitrogens with one attached hydrogen (secondary N) is 2. The topological polar surface area (TPSA) is 482 Å². The highest BCUT2D eigenvalue weighted by Gasteiger charge is 2.48. The third-order valence-electron chi connectivity index (χ3n) is 11.0. The highest BCUT2D eigenvalue weighted by molar-refractivity contribution is 8.13. The van der Waals surface area contributed by atoms with Gasteiger partial charge in [0.15, 0.2) is 22.8 Å². The number of amides is 2. The van der Waals surface area contributed by atoms with Crippen molar-refractivity contribution in [2.24, 2.45) is 5.41 Å². The number of unbranched alkanes of at least 4 members (excludes halogenated alkanes) is 15. The smallest absolute Gasteiger partial charge is 0.274 e. The molecular weight excluding hydrogens is 1020 g/mol. The summed E-state index contributed by atoms with van der Waals surface area (Å²) in [6.45, 7) is 2.48. The summed E-state index contributed by atoms with van der Waals surface area (Å²) < 4.78 is 61.2. The molecule has 3 rings (SSSR count). The quantitative estimate of drug-likeness (QED) is 0.0334. The first kappa shape index (κ1) is 68.4. The van der Waals surface area contributed by atoms with Crippen molar-refractivity contribution >= 4 is 69.1 Å². The molecule has 27 nitrogen and oxygen atoms in total. The molecule has 31 heteroatoms. The number of carbonyl (C=O) groups excluding carboxylic acids is 3. The van der Waals surface area contributed by atoms with Crippen LogP contribution >= 0.6 is 35.2 Å². The fourth-order valence-corrected chi connectivity index (χ4v) is 10.6. The number of rotatable bonds is 36. The SMILES string of the molecule is CCCCCCCCCCCCCCCCCCC(=O)SCCNC(=O)CCNC(=O)[C@H](O)C(C)(C)COP(=O)([O-])OP(=O)([O-])OC[C@H]1O[C@@H](n2cnc3c(N)ncnc32)[C@H](O)[C@@H]1OP(=O)([O-])O.[NH4+].[NH4+].[NH4+]. The number of hydrogen-bond acceptors (Lipinski definition) is 21. The molecule has 0 aliphatic carbocycles. The summed E-state index contributed by atoms with van der Waals surface area (Å²) in [5, 5.41) is 26.5. The minimum atomic E-state index is -5.90. The summed E-state index contributed by atoms with van der Waals surface area (Å²) in [6.07, 6.45) is 13.2. The number of thioether (sulfide) groups is 1. The van der Waals surface area contributed by atoms with Crippen LogP contribution in [0, 0.1) is 5.41 Å². The van der Waals surface area contributed by atoms with E-state index in [1.807, 2.05) is 0 Å². The van der Waals surface area contributed by atoms with Gasteiger partial charge >= 0.3 is 0 Å². The van der Waals surface area contributed by atoms with Crippen molar-refractivity contribution in [2.45, 2.75) is 167 Å². The molecule has 2 aromatic rings. The zero-order chi connectivity index (χ0) is 50.4. The second-order valence-electron chi connectivity index (χ2n) is 17.3. The van der Waals surface area contributed by atoms with Crippen molar-refractivity contribution in [2.75, 3.05) is 37.8 Å². The number of carbonyl (C=O) groups is 3. The summed E-state index contributed by atoms with van der Waals surface area (Å²) in [4.78, 5) is 94.9. The predicted octanol–water partition coefficient (Wildman–Crippen LogP) is 4.55. The van der Waals surface area contributed by atoms with Crippen molar-refractivity contribution in [3.63, 3.8) is 0 Å². The lowest BCUT2D eigenvalue weighted by Gasteiger charge is -2.35. The third-order valence-corrected chi connectivity index (χ3v) is 14.9.